The zero-order valence-electron chi connectivity index (χ0n) is 27.1. The Morgan fingerprint density at radius 1 is 1.07 bits per heavy atom. The van der Waals surface area contributed by atoms with Crippen molar-refractivity contribution in [3.63, 3.8) is 0 Å². The molecule has 0 radical (unpaired) electrons. The zero-order chi connectivity index (χ0) is 31.5. The molecule has 0 aromatic carbocycles. The molecular formula is C33H45N7O3Si. The molecule has 1 amide bonds. The van der Waals surface area contributed by atoms with E-state index in [4.69, 9.17) is 24.5 Å². The number of ether oxygens (including phenoxy) is 2. The van der Waals surface area contributed by atoms with Crippen molar-refractivity contribution in [3.05, 3.63) is 55.0 Å². The molecule has 1 fully saturated rings. The van der Waals surface area contributed by atoms with E-state index in [0.29, 0.717) is 13.3 Å². The summed E-state index contributed by atoms with van der Waals surface area (Å²) in [5, 5.41) is 5.97. The van der Waals surface area contributed by atoms with Crippen LogP contribution in [0.5, 0.6) is 0 Å². The molecule has 5 rings (SSSR count). The smallest absolute Gasteiger partial charge is 0.410 e. The van der Waals surface area contributed by atoms with Crippen LogP contribution in [0.4, 0.5) is 10.6 Å². The van der Waals surface area contributed by atoms with Crippen molar-refractivity contribution in [3.8, 4) is 22.6 Å². The first kappa shape index (κ1) is 31.6. The molecule has 0 bridgehead atoms. The molecule has 1 aliphatic heterocycles. The highest BCUT2D eigenvalue weighted by molar-refractivity contribution is 6.76. The molecular weight excluding hydrogens is 570 g/mol. The Bertz CT molecular complexity index is 1570. The van der Waals surface area contributed by atoms with Crippen LogP contribution < -0.4 is 4.90 Å². The van der Waals surface area contributed by atoms with Gasteiger partial charge in [0.2, 0.25) is 0 Å². The first-order valence-corrected chi connectivity index (χ1v) is 19.1. The summed E-state index contributed by atoms with van der Waals surface area (Å²) in [6, 6.07) is 13.3. The van der Waals surface area contributed by atoms with Gasteiger partial charge in [-0.2, -0.15) is 5.10 Å². The number of carbonyl (C=O) groups is 1. The number of carbonyl (C=O) groups excluding carboxylic acids is 1. The number of piperidine rings is 1. The minimum Gasteiger partial charge on any atom is -0.444 e. The lowest BCUT2D eigenvalue weighted by Crippen LogP contribution is -2.47. The van der Waals surface area contributed by atoms with Gasteiger partial charge in [-0.15, -0.1) is 0 Å². The summed E-state index contributed by atoms with van der Waals surface area (Å²) in [5.74, 6) is 0.900. The van der Waals surface area contributed by atoms with Crippen molar-refractivity contribution in [1.29, 1.82) is 0 Å². The Balaban J connectivity index is 1.38. The highest BCUT2D eigenvalue weighted by Gasteiger charge is 2.29. The normalized spacial score (nSPS) is 14.7. The third-order valence-corrected chi connectivity index (χ3v) is 9.50. The number of anilines is 1. The van der Waals surface area contributed by atoms with E-state index in [2.05, 4.69) is 35.6 Å². The molecule has 5 heterocycles. The molecule has 10 nitrogen and oxygen atoms in total. The number of pyridine rings is 3. The van der Waals surface area contributed by atoms with E-state index in [9.17, 15) is 4.79 Å². The van der Waals surface area contributed by atoms with Gasteiger partial charge < -0.3 is 19.3 Å². The minimum absolute atomic E-state index is 0.128. The predicted molar refractivity (Wildman–Crippen MR) is 177 cm³/mol. The van der Waals surface area contributed by atoms with Crippen molar-refractivity contribution in [2.45, 2.75) is 77.7 Å². The molecule has 4 aromatic heterocycles. The van der Waals surface area contributed by atoms with Gasteiger partial charge in [0.05, 0.1) is 23.1 Å². The van der Waals surface area contributed by atoms with Crippen LogP contribution in [0.2, 0.25) is 25.7 Å². The lowest BCUT2D eigenvalue weighted by Gasteiger charge is -2.37. The van der Waals surface area contributed by atoms with Crippen molar-refractivity contribution in [2.24, 2.45) is 0 Å². The fraction of sp³-hybridized carbons (Fsp3) is 0.485. The van der Waals surface area contributed by atoms with Gasteiger partial charge in [0.25, 0.3) is 0 Å². The van der Waals surface area contributed by atoms with Crippen LogP contribution in [0.3, 0.4) is 0 Å². The van der Waals surface area contributed by atoms with Crippen LogP contribution in [0.25, 0.3) is 33.5 Å². The topological polar surface area (TPSA) is 98.5 Å². The first-order chi connectivity index (χ1) is 20.9. The number of rotatable bonds is 9. The number of hydrogen-bond acceptors (Lipinski definition) is 8. The number of hydrogen-bond donors (Lipinski definition) is 0. The van der Waals surface area contributed by atoms with Crippen LogP contribution in [-0.4, -0.2) is 82.2 Å². The molecule has 234 valence electrons. The molecule has 1 aliphatic rings. The summed E-state index contributed by atoms with van der Waals surface area (Å²) in [4.78, 5) is 30.7. The molecule has 4 aromatic rings. The SMILES string of the molecule is CN(C(=O)OC(C)(C)C)C1CCN(c2cccc(-c3nn(COCC[Si](C)(C)C)c4cnc(-c5cccnc5)cc34)n2)CC1. The Morgan fingerprint density at radius 3 is 2.52 bits per heavy atom. The van der Waals surface area contributed by atoms with Gasteiger partial charge in [-0.1, -0.05) is 25.7 Å². The largest absolute Gasteiger partial charge is 0.444 e. The second kappa shape index (κ2) is 13.0. The van der Waals surface area contributed by atoms with Crippen LogP contribution in [-0.2, 0) is 16.2 Å². The van der Waals surface area contributed by atoms with Gasteiger partial charge >= 0.3 is 6.09 Å². The van der Waals surface area contributed by atoms with E-state index < -0.39 is 13.7 Å². The summed E-state index contributed by atoms with van der Waals surface area (Å²) in [6.45, 7) is 15.4. The van der Waals surface area contributed by atoms with Crippen molar-refractivity contribution in [2.75, 3.05) is 31.6 Å². The number of amides is 1. The Morgan fingerprint density at radius 2 is 1.84 bits per heavy atom. The maximum absolute atomic E-state index is 12.6. The summed E-state index contributed by atoms with van der Waals surface area (Å²) < 4.78 is 13.6. The van der Waals surface area contributed by atoms with E-state index in [1.807, 2.05) is 75.2 Å². The third kappa shape index (κ3) is 7.81. The van der Waals surface area contributed by atoms with Gasteiger partial charge in [-0.25, -0.2) is 14.5 Å². The van der Waals surface area contributed by atoms with Crippen LogP contribution in [0.15, 0.2) is 55.0 Å². The third-order valence-electron chi connectivity index (χ3n) is 7.80. The van der Waals surface area contributed by atoms with E-state index in [0.717, 1.165) is 71.3 Å². The van der Waals surface area contributed by atoms with Gasteiger partial charge in [0.1, 0.15) is 23.8 Å². The number of fused-ring (bicyclic) bond motifs is 1. The zero-order valence-corrected chi connectivity index (χ0v) is 28.1. The standard InChI is InChI=1S/C33H45N7O3Si/c1-33(2,3)43-32(41)38(4)25-13-16-39(17-14-25)30-12-8-11-27(36-30)31-26-20-28(24-10-9-15-34-21-24)35-22-29(26)40(37-31)23-42-18-19-44(5,6)7/h8-12,15,20-22,25H,13-14,16-19,23H2,1-7H3. The second-order valence-corrected chi connectivity index (χ2v) is 19.3. The van der Waals surface area contributed by atoms with Crippen LogP contribution in [0.1, 0.15) is 33.6 Å². The summed E-state index contributed by atoms with van der Waals surface area (Å²) >= 11 is 0. The van der Waals surface area contributed by atoms with Crippen molar-refractivity contribution in [1.82, 2.24) is 29.6 Å². The molecule has 0 spiro atoms. The second-order valence-electron chi connectivity index (χ2n) is 13.7. The average molecular weight is 616 g/mol. The molecule has 0 atom stereocenters. The monoisotopic (exact) mass is 615 g/mol. The number of nitrogens with zero attached hydrogens (tertiary/aromatic N) is 7. The van der Waals surface area contributed by atoms with E-state index in [1.165, 1.54) is 0 Å². The molecule has 0 saturated carbocycles. The molecule has 0 N–H and O–H groups in total. The van der Waals surface area contributed by atoms with Crippen molar-refractivity contribution < 1.29 is 14.3 Å². The summed E-state index contributed by atoms with van der Waals surface area (Å²) in [5.41, 5.74) is 3.76. The lowest BCUT2D eigenvalue weighted by molar-refractivity contribution is 0.0201. The molecule has 1 saturated heterocycles. The fourth-order valence-electron chi connectivity index (χ4n) is 5.26. The Kier molecular flexibility index (Phi) is 9.36. The molecule has 11 heteroatoms. The lowest BCUT2D eigenvalue weighted by atomic mass is 10.0. The summed E-state index contributed by atoms with van der Waals surface area (Å²) in [7, 11) is 0.628. The maximum Gasteiger partial charge on any atom is 0.410 e. The number of aromatic nitrogens is 5. The molecule has 0 unspecified atom stereocenters. The van der Waals surface area contributed by atoms with E-state index in [1.54, 1.807) is 11.1 Å². The highest BCUT2D eigenvalue weighted by Crippen LogP contribution is 2.31. The Hall–Kier alpha value is -3.83. The molecule has 0 aliphatic carbocycles. The van der Waals surface area contributed by atoms with Gasteiger partial charge in [-0.05, 0) is 70.0 Å². The van der Waals surface area contributed by atoms with Gasteiger partial charge in [-0.3, -0.25) is 9.97 Å². The van der Waals surface area contributed by atoms with E-state index in [-0.39, 0.29) is 12.1 Å². The quantitative estimate of drug-likeness (QED) is 0.152. The molecule has 44 heavy (non-hydrogen) atoms. The van der Waals surface area contributed by atoms with Crippen LogP contribution >= 0.6 is 0 Å². The van der Waals surface area contributed by atoms with Gasteiger partial charge in [0.15, 0.2) is 0 Å². The maximum atomic E-state index is 12.6. The van der Waals surface area contributed by atoms with Crippen molar-refractivity contribution >= 4 is 30.9 Å². The fourth-order valence-corrected chi connectivity index (χ4v) is 6.01. The first-order valence-electron chi connectivity index (χ1n) is 15.4. The summed E-state index contributed by atoms with van der Waals surface area (Å²) in [6.07, 6.45) is 6.86. The Labute approximate surface area is 261 Å². The average Bonchev–Trinajstić information content (AvgIpc) is 3.36. The van der Waals surface area contributed by atoms with Gasteiger partial charge in [0, 0.05) is 64.2 Å². The van der Waals surface area contributed by atoms with Crippen LogP contribution in [0, 0.1) is 0 Å². The highest BCUT2D eigenvalue weighted by atomic mass is 28.3. The predicted octanol–water partition coefficient (Wildman–Crippen LogP) is 6.70. The minimum atomic E-state index is -1.20. The van der Waals surface area contributed by atoms with E-state index >= 15 is 0 Å².